The summed E-state index contributed by atoms with van der Waals surface area (Å²) in [6.45, 7) is 5.07. The lowest BCUT2D eigenvalue weighted by atomic mass is 10.3. The van der Waals surface area contributed by atoms with Crippen molar-refractivity contribution in [3.63, 3.8) is 0 Å². The van der Waals surface area contributed by atoms with Crippen LogP contribution in [0.4, 0.5) is 0 Å². The van der Waals surface area contributed by atoms with Crippen LogP contribution in [0.15, 0.2) is 35.2 Å². The fourth-order valence-electron chi connectivity index (χ4n) is 2.17. The Bertz CT molecular complexity index is 484. The van der Waals surface area contributed by atoms with E-state index in [1.807, 2.05) is 0 Å². The minimum absolute atomic E-state index is 0.327. The second-order valence-electron chi connectivity index (χ2n) is 4.87. The number of unbranched alkanes of at least 4 members (excludes halogenated alkanes) is 1. The molecule has 1 aromatic rings. The first-order valence-electron chi connectivity index (χ1n) is 7.03. The van der Waals surface area contributed by atoms with Gasteiger partial charge in [0.1, 0.15) is 0 Å². The molecule has 2 rings (SSSR count). The topological polar surface area (TPSA) is 58.6 Å². The Labute approximate surface area is 121 Å². The summed E-state index contributed by atoms with van der Waals surface area (Å²) in [5.41, 5.74) is 0. The van der Waals surface area contributed by atoms with Gasteiger partial charge in [-0.1, -0.05) is 18.2 Å². The molecule has 1 aliphatic rings. The predicted octanol–water partition coefficient (Wildman–Crippen LogP) is 1.08. The average molecular weight is 298 g/mol. The Balaban J connectivity index is 1.65. The van der Waals surface area contributed by atoms with Crippen LogP contribution in [0.25, 0.3) is 0 Å². The first kappa shape index (κ1) is 15.4. The molecule has 0 aliphatic carbocycles. The van der Waals surface area contributed by atoms with Crippen molar-refractivity contribution >= 4 is 10.0 Å². The third-order valence-electron chi connectivity index (χ3n) is 3.35. The van der Waals surface area contributed by atoms with Gasteiger partial charge < -0.3 is 4.74 Å². The molecular weight excluding hydrogens is 276 g/mol. The van der Waals surface area contributed by atoms with Crippen molar-refractivity contribution in [3.8, 4) is 0 Å². The zero-order valence-corrected chi connectivity index (χ0v) is 12.4. The third kappa shape index (κ3) is 4.86. The van der Waals surface area contributed by atoms with Crippen molar-refractivity contribution in [3.05, 3.63) is 30.3 Å². The number of sulfonamides is 1. The van der Waals surface area contributed by atoms with E-state index in [-0.39, 0.29) is 0 Å². The molecule has 1 aromatic carbocycles. The van der Waals surface area contributed by atoms with Crippen LogP contribution in [0.1, 0.15) is 12.8 Å². The van der Waals surface area contributed by atoms with Crippen LogP contribution < -0.4 is 4.72 Å². The van der Waals surface area contributed by atoms with Gasteiger partial charge in [-0.2, -0.15) is 0 Å². The van der Waals surface area contributed by atoms with Crippen LogP contribution in [0.5, 0.6) is 0 Å². The lowest BCUT2D eigenvalue weighted by Crippen LogP contribution is -2.37. The number of morpholine rings is 1. The quantitative estimate of drug-likeness (QED) is 0.765. The molecule has 0 atom stereocenters. The van der Waals surface area contributed by atoms with Crippen LogP contribution >= 0.6 is 0 Å². The maximum atomic E-state index is 12.0. The molecule has 0 radical (unpaired) electrons. The highest BCUT2D eigenvalue weighted by atomic mass is 32.2. The molecule has 5 nitrogen and oxygen atoms in total. The highest BCUT2D eigenvalue weighted by molar-refractivity contribution is 7.89. The van der Waals surface area contributed by atoms with Gasteiger partial charge in [-0.25, -0.2) is 13.1 Å². The number of benzene rings is 1. The number of nitrogens with zero attached hydrogens (tertiary/aromatic N) is 1. The van der Waals surface area contributed by atoms with Crippen molar-refractivity contribution < 1.29 is 13.2 Å². The Kier molecular flexibility index (Phi) is 5.97. The molecule has 6 heteroatoms. The van der Waals surface area contributed by atoms with Crippen molar-refractivity contribution in [2.45, 2.75) is 17.7 Å². The van der Waals surface area contributed by atoms with Gasteiger partial charge in [0.2, 0.25) is 10.0 Å². The normalized spacial score (nSPS) is 17.2. The lowest BCUT2D eigenvalue weighted by Gasteiger charge is -2.26. The van der Waals surface area contributed by atoms with E-state index in [1.54, 1.807) is 30.3 Å². The summed E-state index contributed by atoms with van der Waals surface area (Å²) in [6.07, 6.45) is 1.85. The summed E-state index contributed by atoms with van der Waals surface area (Å²) < 4.78 is 31.8. The number of hydrogen-bond donors (Lipinski definition) is 1. The van der Waals surface area contributed by atoms with Crippen LogP contribution in [0.3, 0.4) is 0 Å². The molecule has 0 spiro atoms. The zero-order valence-electron chi connectivity index (χ0n) is 11.6. The summed E-state index contributed by atoms with van der Waals surface area (Å²) in [7, 11) is -3.35. The molecule has 20 heavy (non-hydrogen) atoms. The van der Waals surface area contributed by atoms with E-state index in [0.717, 1.165) is 45.7 Å². The van der Waals surface area contributed by atoms with E-state index < -0.39 is 10.0 Å². The molecule has 0 amide bonds. The van der Waals surface area contributed by atoms with Crippen LogP contribution in [-0.4, -0.2) is 52.7 Å². The molecule has 112 valence electrons. The maximum Gasteiger partial charge on any atom is 0.240 e. The van der Waals surface area contributed by atoms with Gasteiger partial charge in [-0.3, -0.25) is 4.90 Å². The fourth-order valence-corrected chi connectivity index (χ4v) is 3.27. The van der Waals surface area contributed by atoms with Crippen LogP contribution in [-0.2, 0) is 14.8 Å². The van der Waals surface area contributed by atoms with Gasteiger partial charge in [0.05, 0.1) is 18.1 Å². The van der Waals surface area contributed by atoms with E-state index >= 15 is 0 Å². The van der Waals surface area contributed by atoms with Gasteiger partial charge in [0.25, 0.3) is 0 Å². The van der Waals surface area contributed by atoms with E-state index in [9.17, 15) is 8.42 Å². The largest absolute Gasteiger partial charge is 0.379 e. The maximum absolute atomic E-state index is 12.0. The molecule has 1 saturated heterocycles. The summed E-state index contributed by atoms with van der Waals surface area (Å²) >= 11 is 0. The second-order valence-corrected chi connectivity index (χ2v) is 6.64. The minimum Gasteiger partial charge on any atom is -0.379 e. The highest BCUT2D eigenvalue weighted by Crippen LogP contribution is 2.07. The number of rotatable bonds is 7. The van der Waals surface area contributed by atoms with Crippen LogP contribution in [0, 0.1) is 0 Å². The molecule has 1 heterocycles. The first-order chi connectivity index (χ1) is 9.68. The lowest BCUT2D eigenvalue weighted by molar-refractivity contribution is 0.0372. The predicted molar refractivity (Wildman–Crippen MR) is 78.1 cm³/mol. The third-order valence-corrected chi connectivity index (χ3v) is 4.83. The molecule has 0 bridgehead atoms. The fraction of sp³-hybridized carbons (Fsp3) is 0.571. The molecule has 1 fully saturated rings. The van der Waals surface area contributed by atoms with Gasteiger partial charge in [-0.15, -0.1) is 0 Å². The molecular formula is C14H22N2O3S. The van der Waals surface area contributed by atoms with Gasteiger partial charge in [0, 0.05) is 19.6 Å². The number of hydrogen-bond acceptors (Lipinski definition) is 4. The van der Waals surface area contributed by atoms with E-state index in [0.29, 0.717) is 11.4 Å². The highest BCUT2D eigenvalue weighted by Gasteiger charge is 2.12. The molecule has 1 N–H and O–H groups in total. The van der Waals surface area contributed by atoms with Crippen molar-refractivity contribution in [1.29, 1.82) is 0 Å². The summed E-state index contributed by atoms with van der Waals surface area (Å²) in [6, 6.07) is 8.48. The smallest absolute Gasteiger partial charge is 0.240 e. The Morgan fingerprint density at radius 3 is 2.50 bits per heavy atom. The van der Waals surface area contributed by atoms with Crippen molar-refractivity contribution in [1.82, 2.24) is 9.62 Å². The summed E-state index contributed by atoms with van der Waals surface area (Å²) in [5, 5.41) is 0. The Morgan fingerprint density at radius 1 is 1.10 bits per heavy atom. The number of nitrogens with one attached hydrogen (secondary N) is 1. The minimum atomic E-state index is -3.35. The summed E-state index contributed by atoms with van der Waals surface area (Å²) in [4.78, 5) is 2.68. The molecule has 1 aliphatic heterocycles. The van der Waals surface area contributed by atoms with Gasteiger partial charge >= 0.3 is 0 Å². The van der Waals surface area contributed by atoms with Crippen molar-refractivity contribution in [2.24, 2.45) is 0 Å². The van der Waals surface area contributed by atoms with Gasteiger partial charge in [-0.05, 0) is 31.5 Å². The standard InChI is InChI=1S/C14H22N2O3S/c17-20(18,14-6-2-1-3-7-14)15-8-4-5-9-16-10-12-19-13-11-16/h1-3,6-7,15H,4-5,8-13H2. The van der Waals surface area contributed by atoms with Gasteiger partial charge in [0.15, 0.2) is 0 Å². The zero-order chi connectivity index (χ0) is 14.3. The SMILES string of the molecule is O=S(=O)(NCCCCN1CCOCC1)c1ccccc1. The van der Waals surface area contributed by atoms with E-state index in [4.69, 9.17) is 4.74 Å². The Hall–Kier alpha value is -0.950. The first-order valence-corrected chi connectivity index (χ1v) is 8.52. The van der Waals surface area contributed by atoms with Crippen LogP contribution in [0.2, 0.25) is 0 Å². The molecule has 0 aromatic heterocycles. The second kappa shape index (κ2) is 7.73. The molecule has 0 saturated carbocycles. The summed E-state index contributed by atoms with van der Waals surface area (Å²) in [5.74, 6) is 0. The monoisotopic (exact) mass is 298 g/mol. The van der Waals surface area contributed by atoms with E-state index in [2.05, 4.69) is 9.62 Å². The molecule has 0 unspecified atom stereocenters. The number of ether oxygens (including phenoxy) is 1. The Morgan fingerprint density at radius 2 is 1.80 bits per heavy atom. The van der Waals surface area contributed by atoms with Crippen molar-refractivity contribution in [2.75, 3.05) is 39.4 Å². The average Bonchev–Trinajstić information content (AvgIpc) is 2.49. The van der Waals surface area contributed by atoms with E-state index in [1.165, 1.54) is 0 Å².